The van der Waals surface area contributed by atoms with Gasteiger partial charge in [0.1, 0.15) is 12.6 Å². The molecule has 0 heterocycles. The van der Waals surface area contributed by atoms with E-state index in [9.17, 15) is 19.5 Å². The first-order valence-electron chi connectivity index (χ1n) is 19.7. The molecule has 0 saturated carbocycles. The van der Waals surface area contributed by atoms with E-state index in [2.05, 4.69) is 19.9 Å². The maximum Gasteiger partial charge on any atom is 0.306 e. The molecule has 48 heavy (non-hydrogen) atoms. The molecule has 8 heteroatoms. The SMILES string of the molecule is CCCCCC/C=C/CCC(=O)OC(COCCC(C(=O)[O-])[N+](C)(C)C)COC(=O)CCCCCCCCCCCCCCCCCC. The number of esters is 2. The number of nitrogens with zero attached hydrogens (tertiary/aromatic N) is 1. The number of quaternary nitrogens is 1. The summed E-state index contributed by atoms with van der Waals surface area (Å²) in [5.41, 5.74) is 0. The number of carboxylic acid groups (broad SMARTS) is 1. The number of carbonyl (C=O) groups excluding carboxylic acids is 3. The first kappa shape index (κ1) is 46.1. The van der Waals surface area contributed by atoms with Gasteiger partial charge in [0.05, 0.1) is 40.3 Å². The van der Waals surface area contributed by atoms with Crippen LogP contribution in [-0.2, 0) is 28.6 Å². The van der Waals surface area contributed by atoms with Gasteiger partial charge in [0.25, 0.3) is 0 Å². The molecule has 0 aromatic carbocycles. The summed E-state index contributed by atoms with van der Waals surface area (Å²) in [6.07, 6.45) is 31.1. The molecule has 0 aromatic heterocycles. The number of rotatable bonds is 35. The molecule has 0 N–H and O–H groups in total. The van der Waals surface area contributed by atoms with Crippen LogP contribution in [0.15, 0.2) is 12.2 Å². The molecule has 0 bridgehead atoms. The van der Waals surface area contributed by atoms with Crippen LogP contribution in [0, 0.1) is 0 Å². The third-order valence-corrected chi connectivity index (χ3v) is 8.92. The van der Waals surface area contributed by atoms with Crippen molar-refractivity contribution < 1.29 is 38.2 Å². The van der Waals surface area contributed by atoms with E-state index in [0.717, 1.165) is 32.1 Å². The van der Waals surface area contributed by atoms with Gasteiger partial charge in [-0.15, -0.1) is 0 Å². The summed E-state index contributed by atoms with van der Waals surface area (Å²) in [6, 6.07) is -0.725. The van der Waals surface area contributed by atoms with Gasteiger partial charge in [-0.25, -0.2) is 0 Å². The quantitative estimate of drug-likeness (QED) is 0.0286. The Labute approximate surface area is 295 Å². The van der Waals surface area contributed by atoms with Crippen molar-refractivity contribution in [2.75, 3.05) is 41.0 Å². The van der Waals surface area contributed by atoms with Gasteiger partial charge >= 0.3 is 11.9 Å². The lowest BCUT2D eigenvalue weighted by Crippen LogP contribution is -2.55. The van der Waals surface area contributed by atoms with Crippen LogP contribution in [0.2, 0.25) is 0 Å². The summed E-state index contributed by atoms with van der Waals surface area (Å²) in [7, 11) is 5.39. The van der Waals surface area contributed by atoms with E-state index in [0.29, 0.717) is 12.8 Å². The molecule has 282 valence electrons. The van der Waals surface area contributed by atoms with Crippen molar-refractivity contribution in [2.45, 2.75) is 187 Å². The Morgan fingerprint density at radius 2 is 1.08 bits per heavy atom. The zero-order chi connectivity index (χ0) is 35.7. The minimum absolute atomic E-state index is 0.0300. The molecule has 0 rings (SSSR count). The summed E-state index contributed by atoms with van der Waals surface area (Å²) in [6.45, 7) is 4.58. The van der Waals surface area contributed by atoms with E-state index in [4.69, 9.17) is 14.2 Å². The van der Waals surface area contributed by atoms with Crippen molar-refractivity contribution in [3.63, 3.8) is 0 Å². The highest BCUT2D eigenvalue weighted by Gasteiger charge is 2.25. The van der Waals surface area contributed by atoms with Crippen LogP contribution in [0.3, 0.4) is 0 Å². The van der Waals surface area contributed by atoms with E-state index < -0.39 is 18.1 Å². The zero-order valence-corrected chi connectivity index (χ0v) is 31.9. The van der Waals surface area contributed by atoms with Gasteiger partial charge in [-0.3, -0.25) is 9.59 Å². The van der Waals surface area contributed by atoms with Gasteiger partial charge in [0.2, 0.25) is 0 Å². The second-order valence-electron chi connectivity index (χ2n) is 14.5. The Bertz CT molecular complexity index is 808. The number of ether oxygens (including phenoxy) is 3. The topological polar surface area (TPSA) is 102 Å². The van der Waals surface area contributed by atoms with E-state index in [1.165, 1.54) is 103 Å². The largest absolute Gasteiger partial charge is 0.544 e. The van der Waals surface area contributed by atoms with E-state index in [-0.39, 0.29) is 49.1 Å². The number of likely N-dealkylation sites (N-methyl/N-ethyl adjacent to an activating group) is 1. The Hall–Kier alpha value is -1.93. The van der Waals surface area contributed by atoms with Gasteiger partial charge in [0.15, 0.2) is 6.10 Å². The second-order valence-corrected chi connectivity index (χ2v) is 14.5. The first-order chi connectivity index (χ1) is 23.1. The fourth-order valence-electron chi connectivity index (χ4n) is 5.79. The molecule has 2 unspecified atom stereocenters. The predicted octanol–water partition coefficient (Wildman–Crippen LogP) is 8.63. The fourth-order valence-corrected chi connectivity index (χ4v) is 5.79. The summed E-state index contributed by atoms with van der Waals surface area (Å²) < 4.78 is 17.0. The van der Waals surface area contributed by atoms with Crippen LogP contribution in [0.25, 0.3) is 0 Å². The summed E-state index contributed by atoms with van der Waals surface area (Å²) in [5, 5.41) is 11.6. The van der Waals surface area contributed by atoms with Crippen molar-refractivity contribution >= 4 is 17.9 Å². The van der Waals surface area contributed by atoms with Crippen LogP contribution in [-0.4, -0.2) is 75.5 Å². The van der Waals surface area contributed by atoms with Crippen LogP contribution in [0.1, 0.15) is 174 Å². The first-order valence-corrected chi connectivity index (χ1v) is 19.7. The van der Waals surface area contributed by atoms with E-state index >= 15 is 0 Å². The van der Waals surface area contributed by atoms with E-state index in [1.54, 1.807) is 21.1 Å². The normalized spacial score (nSPS) is 13.1. The van der Waals surface area contributed by atoms with Crippen molar-refractivity contribution in [3.05, 3.63) is 12.2 Å². The summed E-state index contributed by atoms with van der Waals surface area (Å²) in [5.74, 6) is -1.79. The van der Waals surface area contributed by atoms with Crippen LogP contribution >= 0.6 is 0 Å². The Morgan fingerprint density at radius 1 is 0.604 bits per heavy atom. The summed E-state index contributed by atoms with van der Waals surface area (Å²) in [4.78, 5) is 36.5. The number of carboxylic acids is 1. The average molecular weight is 682 g/mol. The van der Waals surface area contributed by atoms with Crippen molar-refractivity contribution in [3.8, 4) is 0 Å². The molecule has 0 saturated heterocycles. The molecule has 8 nitrogen and oxygen atoms in total. The third-order valence-electron chi connectivity index (χ3n) is 8.92. The van der Waals surface area contributed by atoms with Crippen LogP contribution < -0.4 is 5.11 Å². The number of hydrogen-bond donors (Lipinski definition) is 0. The molecule has 0 aliphatic rings. The molecule has 0 fully saturated rings. The van der Waals surface area contributed by atoms with Crippen LogP contribution in [0.5, 0.6) is 0 Å². The predicted molar refractivity (Wildman–Crippen MR) is 194 cm³/mol. The van der Waals surface area contributed by atoms with Crippen LogP contribution in [0.4, 0.5) is 0 Å². The van der Waals surface area contributed by atoms with Gasteiger partial charge in [0, 0.05) is 19.3 Å². The molecular formula is C40H75NO7. The number of allylic oxidation sites excluding steroid dienone is 2. The molecule has 0 aliphatic carbocycles. The van der Waals surface area contributed by atoms with Crippen molar-refractivity contribution in [2.24, 2.45) is 0 Å². The zero-order valence-electron chi connectivity index (χ0n) is 31.9. The molecule has 0 radical (unpaired) electrons. The molecule has 0 aromatic rings. The monoisotopic (exact) mass is 682 g/mol. The van der Waals surface area contributed by atoms with Crippen molar-refractivity contribution in [1.29, 1.82) is 0 Å². The minimum Gasteiger partial charge on any atom is -0.544 e. The number of carbonyl (C=O) groups is 3. The molecule has 0 amide bonds. The lowest BCUT2D eigenvalue weighted by Gasteiger charge is -2.34. The second kappa shape index (κ2) is 32.3. The van der Waals surface area contributed by atoms with Gasteiger partial charge in [-0.2, -0.15) is 0 Å². The molecule has 2 atom stereocenters. The smallest absolute Gasteiger partial charge is 0.306 e. The highest BCUT2D eigenvalue weighted by molar-refractivity contribution is 5.70. The maximum atomic E-state index is 12.5. The van der Waals surface area contributed by atoms with Gasteiger partial charge in [-0.1, -0.05) is 142 Å². The highest BCUT2D eigenvalue weighted by Crippen LogP contribution is 2.15. The van der Waals surface area contributed by atoms with Gasteiger partial charge in [-0.05, 0) is 25.7 Å². The maximum absolute atomic E-state index is 12.5. The standard InChI is InChI=1S/C40H75NO7/c1-6-8-10-12-14-16-17-18-19-20-21-22-23-25-26-28-30-38(42)47-35-36(34-46-33-32-37(40(44)45)41(3,4)5)48-39(43)31-29-27-24-15-13-11-9-7-2/h24,27,36-37H,6-23,25-26,28-35H2,1-5H3/b27-24+. The molecular weight excluding hydrogens is 606 g/mol. The van der Waals surface area contributed by atoms with Crippen molar-refractivity contribution in [1.82, 2.24) is 0 Å². The highest BCUT2D eigenvalue weighted by atomic mass is 16.6. The third kappa shape index (κ3) is 30.2. The summed E-state index contributed by atoms with van der Waals surface area (Å²) >= 11 is 0. The lowest BCUT2D eigenvalue weighted by atomic mass is 10.0. The Morgan fingerprint density at radius 3 is 1.58 bits per heavy atom. The fraction of sp³-hybridized carbons (Fsp3) is 0.875. The molecule has 0 aliphatic heterocycles. The molecule has 0 spiro atoms. The Balaban J connectivity index is 4.31. The van der Waals surface area contributed by atoms with E-state index in [1.807, 2.05) is 6.08 Å². The lowest BCUT2D eigenvalue weighted by molar-refractivity contribution is -0.889. The number of unbranched alkanes of at least 4 members (excludes halogenated alkanes) is 19. The number of hydrogen-bond acceptors (Lipinski definition) is 7. The average Bonchev–Trinajstić information content (AvgIpc) is 3.03. The van der Waals surface area contributed by atoms with Gasteiger partial charge < -0.3 is 28.6 Å². The minimum atomic E-state index is -1.13. The Kier molecular flexibility index (Phi) is 31.0. The number of aliphatic carboxylic acids is 1.